The van der Waals surface area contributed by atoms with E-state index in [2.05, 4.69) is 11.9 Å². The molecule has 1 N–H and O–H groups in total. The number of carbonyl (C=O) groups excluding carboxylic acids is 1. The molecule has 2 nitrogen and oxygen atoms in total. The Morgan fingerprint density at radius 3 is 2.62 bits per heavy atom. The van der Waals surface area contributed by atoms with Gasteiger partial charge >= 0.3 is 0 Å². The van der Waals surface area contributed by atoms with Gasteiger partial charge in [-0.15, -0.1) is 6.58 Å². The fraction of sp³-hybridized carbons (Fsp3) is 0.727. The monoisotopic (exact) mass is 179 g/mol. The van der Waals surface area contributed by atoms with E-state index in [9.17, 15) is 4.79 Å². The smallest absolute Gasteiger partial charge is 0.223 e. The maximum Gasteiger partial charge on any atom is 0.223 e. The molecule has 0 radical (unpaired) electrons. The van der Waals surface area contributed by atoms with Crippen LogP contribution >= 0.6 is 0 Å². The minimum Gasteiger partial charge on any atom is -0.350 e. The Morgan fingerprint density at radius 2 is 2.08 bits per heavy atom. The molecule has 0 bridgehead atoms. The lowest BCUT2D eigenvalue weighted by molar-refractivity contribution is -0.125. The van der Waals surface area contributed by atoms with Crippen LogP contribution in [0, 0.1) is 17.8 Å². The summed E-state index contributed by atoms with van der Waals surface area (Å²) in [5, 5.41) is 2.96. The molecule has 2 aliphatic rings. The molecule has 13 heavy (non-hydrogen) atoms. The topological polar surface area (TPSA) is 29.1 Å². The molecule has 0 heterocycles. The minimum absolute atomic E-state index is 0.115. The van der Waals surface area contributed by atoms with Crippen molar-refractivity contribution in [3.05, 3.63) is 12.7 Å². The molecule has 0 aromatic rings. The van der Waals surface area contributed by atoms with Gasteiger partial charge in [0.1, 0.15) is 0 Å². The minimum atomic E-state index is 0.115. The second-order valence-corrected chi connectivity index (χ2v) is 4.46. The Labute approximate surface area is 79.4 Å². The summed E-state index contributed by atoms with van der Waals surface area (Å²) in [5.74, 6) is 2.30. The van der Waals surface area contributed by atoms with Crippen molar-refractivity contribution in [2.75, 3.05) is 0 Å². The highest BCUT2D eigenvalue weighted by Crippen LogP contribution is 2.54. The van der Waals surface area contributed by atoms with E-state index >= 15 is 0 Å². The van der Waals surface area contributed by atoms with Gasteiger partial charge in [0.05, 0.1) is 0 Å². The van der Waals surface area contributed by atoms with Crippen LogP contribution in [0.4, 0.5) is 0 Å². The molecule has 2 aliphatic carbocycles. The Kier molecular flexibility index (Phi) is 2.14. The first-order valence-electron chi connectivity index (χ1n) is 5.13. The predicted octanol–water partition coefficient (Wildman–Crippen LogP) is 1.72. The highest BCUT2D eigenvalue weighted by Gasteiger charge is 2.47. The van der Waals surface area contributed by atoms with Crippen molar-refractivity contribution < 1.29 is 4.79 Å². The van der Waals surface area contributed by atoms with Crippen molar-refractivity contribution in [2.45, 2.75) is 32.2 Å². The second kappa shape index (κ2) is 3.17. The summed E-state index contributed by atoms with van der Waals surface area (Å²) in [7, 11) is 0. The van der Waals surface area contributed by atoms with Gasteiger partial charge < -0.3 is 5.32 Å². The Balaban J connectivity index is 1.80. The molecule has 0 spiro atoms. The van der Waals surface area contributed by atoms with Crippen molar-refractivity contribution >= 4 is 5.91 Å². The molecule has 3 unspecified atom stereocenters. The summed E-state index contributed by atoms with van der Waals surface area (Å²) in [6.45, 7) is 5.61. The van der Waals surface area contributed by atoms with E-state index in [4.69, 9.17) is 0 Å². The molecule has 0 saturated heterocycles. The normalized spacial score (nSPS) is 37.8. The lowest BCUT2D eigenvalue weighted by atomic mass is 10.0. The lowest BCUT2D eigenvalue weighted by Gasteiger charge is -2.14. The van der Waals surface area contributed by atoms with Gasteiger partial charge in [-0.1, -0.05) is 6.08 Å². The highest BCUT2D eigenvalue weighted by molar-refractivity contribution is 5.79. The quantitative estimate of drug-likeness (QED) is 0.657. The molecular formula is C11H17NO. The number of rotatable bonds is 3. The van der Waals surface area contributed by atoms with Crippen molar-refractivity contribution in [3.63, 3.8) is 0 Å². The number of hydrogen-bond acceptors (Lipinski definition) is 1. The molecule has 2 fully saturated rings. The Morgan fingerprint density at radius 1 is 1.46 bits per heavy atom. The van der Waals surface area contributed by atoms with Gasteiger partial charge in [0.15, 0.2) is 0 Å². The van der Waals surface area contributed by atoms with Crippen LogP contribution in [0.15, 0.2) is 12.7 Å². The largest absolute Gasteiger partial charge is 0.350 e. The SMILES string of the molecule is C=CC(C)NC(=O)C1CC2CC2C1. The van der Waals surface area contributed by atoms with Crippen LogP contribution in [0.3, 0.4) is 0 Å². The maximum absolute atomic E-state index is 11.6. The zero-order valence-corrected chi connectivity index (χ0v) is 8.12. The zero-order chi connectivity index (χ0) is 9.42. The summed E-state index contributed by atoms with van der Waals surface area (Å²) in [6, 6.07) is 0.115. The maximum atomic E-state index is 11.6. The van der Waals surface area contributed by atoms with Gasteiger partial charge in [0, 0.05) is 12.0 Å². The predicted molar refractivity (Wildman–Crippen MR) is 52.1 cm³/mol. The van der Waals surface area contributed by atoms with Crippen molar-refractivity contribution in [1.82, 2.24) is 5.32 Å². The molecule has 0 aromatic heterocycles. The van der Waals surface area contributed by atoms with E-state index in [0.717, 1.165) is 24.7 Å². The fourth-order valence-corrected chi connectivity index (χ4v) is 2.33. The van der Waals surface area contributed by atoms with E-state index < -0.39 is 0 Å². The number of fused-ring (bicyclic) bond motifs is 1. The molecular weight excluding hydrogens is 162 g/mol. The standard InChI is InChI=1S/C11H17NO/c1-3-7(2)12-11(13)10-5-8-4-9(8)6-10/h3,7-10H,1,4-6H2,2H3,(H,12,13). The highest BCUT2D eigenvalue weighted by atomic mass is 16.1. The van der Waals surface area contributed by atoms with E-state index in [1.165, 1.54) is 6.42 Å². The van der Waals surface area contributed by atoms with Gasteiger partial charge in [-0.3, -0.25) is 4.79 Å². The van der Waals surface area contributed by atoms with Crippen molar-refractivity contribution in [1.29, 1.82) is 0 Å². The Hall–Kier alpha value is -0.790. The fourth-order valence-electron chi connectivity index (χ4n) is 2.33. The van der Waals surface area contributed by atoms with Crippen molar-refractivity contribution in [3.8, 4) is 0 Å². The molecule has 72 valence electrons. The van der Waals surface area contributed by atoms with Crippen LogP contribution in [0.5, 0.6) is 0 Å². The summed E-state index contributed by atoms with van der Waals surface area (Å²) >= 11 is 0. The summed E-state index contributed by atoms with van der Waals surface area (Å²) in [5.41, 5.74) is 0. The average molecular weight is 179 g/mol. The van der Waals surface area contributed by atoms with E-state index in [1.807, 2.05) is 6.92 Å². The van der Waals surface area contributed by atoms with E-state index in [-0.39, 0.29) is 11.9 Å². The zero-order valence-electron chi connectivity index (χ0n) is 8.12. The van der Waals surface area contributed by atoms with Crippen LogP contribution in [0.2, 0.25) is 0 Å². The molecule has 2 rings (SSSR count). The lowest BCUT2D eigenvalue weighted by Crippen LogP contribution is -2.35. The van der Waals surface area contributed by atoms with Crippen LogP contribution in [-0.2, 0) is 4.79 Å². The van der Waals surface area contributed by atoms with Crippen LogP contribution in [-0.4, -0.2) is 11.9 Å². The van der Waals surface area contributed by atoms with Gasteiger partial charge in [0.25, 0.3) is 0 Å². The second-order valence-electron chi connectivity index (χ2n) is 4.46. The number of amides is 1. The molecule has 0 aromatic carbocycles. The van der Waals surface area contributed by atoms with E-state index in [1.54, 1.807) is 6.08 Å². The number of nitrogens with one attached hydrogen (secondary N) is 1. The Bertz CT molecular complexity index is 226. The van der Waals surface area contributed by atoms with Crippen LogP contribution in [0.25, 0.3) is 0 Å². The molecule has 2 saturated carbocycles. The van der Waals surface area contributed by atoms with Gasteiger partial charge in [-0.2, -0.15) is 0 Å². The third kappa shape index (κ3) is 1.77. The van der Waals surface area contributed by atoms with Crippen LogP contribution in [0.1, 0.15) is 26.2 Å². The summed E-state index contributed by atoms with van der Waals surface area (Å²) < 4.78 is 0. The van der Waals surface area contributed by atoms with Crippen molar-refractivity contribution in [2.24, 2.45) is 17.8 Å². The third-order valence-electron chi connectivity index (χ3n) is 3.34. The summed E-state index contributed by atoms with van der Waals surface area (Å²) in [4.78, 5) is 11.6. The first kappa shape index (κ1) is 8.79. The van der Waals surface area contributed by atoms with Crippen LogP contribution < -0.4 is 5.32 Å². The third-order valence-corrected chi connectivity index (χ3v) is 3.34. The molecule has 1 amide bonds. The van der Waals surface area contributed by atoms with Gasteiger partial charge in [-0.25, -0.2) is 0 Å². The number of hydrogen-bond donors (Lipinski definition) is 1. The molecule has 3 atom stereocenters. The van der Waals surface area contributed by atoms with Gasteiger partial charge in [-0.05, 0) is 38.0 Å². The number of carbonyl (C=O) groups is 1. The molecule has 0 aliphatic heterocycles. The van der Waals surface area contributed by atoms with Gasteiger partial charge in [0.2, 0.25) is 5.91 Å². The average Bonchev–Trinajstić information content (AvgIpc) is 2.73. The first-order valence-corrected chi connectivity index (χ1v) is 5.13. The summed E-state index contributed by atoms with van der Waals surface area (Å²) in [6.07, 6.45) is 5.40. The van der Waals surface area contributed by atoms with E-state index in [0.29, 0.717) is 5.92 Å². The first-order chi connectivity index (χ1) is 6.20. The molecule has 2 heteroatoms.